The zero-order chi connectivity index (χ0) is 11.4. The third-order valence-corrected chi connectivity index (χ3v) is 3.40. The lowest BCUT2D eigenvalue weighted by Gasteiger charge is -2.15. The molecule has 1 saturated heterocycles. The van der Waals surface area contributed by atoms with Crippen LogP contribution in [0.15, 0.2) is 24.3 Å². The second kappa shape index (κ2) is 5.33. The fourth-order valence-electron chi connectivity index (χ4n) is 2.32. The van der Waals surface area contributed by atoms with Crippen molar-refractivity contribution in [2.75, 3.05) is 13.1 Å². The third-order valence-electron chi connectivity index (χ3n) is 3.40. The Morgan fingerprint density at radius 2 is 2.00 bits per heavy atom. The molecule has 2 nitrogen and oxygen atoms in total. The molecule has 1 saturated carbocycles. The lowest BCUT2D eigenvalue weighted by molar-refractivity contribution is -0.129. The van der Waals surface area contributed by atoms with Gasteiger partial charge in [0.25, 0.3) is 0 Å². The molecule has 1 amide bonds. The molecule has 2 fully saturated rings. The molecule has 1 aliphatic carbocycles. The van der Waals surface area contributed by atoms with Gasteiger partial charge in [-0.2, -0.15) is 0 Å². The average molecular weight is 219 g/mol. The van der Waals surface area contributed by atoms with Crippen molar-refractivity contribution < 1.29 is 4.79 Å². The summed E-state index contributed by atoms with van der Waals surface area (Å²) in [7, 11) is 0. The van der Waals surface area contributed by atoms with Crippen LogP contribution in [0.1, 0.15) is 32.6 Å². The van der Waals surface area contributed by atoms with Gasteiger partial charge in [-0.05, 0) is 31.6 Å². The SMILES string of the molecule is CC/C=C\CC/C=C/CN1CC2CC2C1=O. The molecular formula is C14H21NO. The van der Waals surface area contributed by atoms with Gasteiger partial charge in [-0.15, -0.1) is 0 Å². The van der Waals surface area contributed by atoms with E-state index in [4.69, 9.17) is 0 Å². The fourth-order valence-corrected chi connectivity index (χ4v) is 2.32. The number of carbonyl (C=O) groups excluding carboxylic acids is 1. The molecule has 0 aromatic rings. The molecule has 1 aliphatic heterocycles. The summed E-state index contributed by atoms with van der Waals surface area (Å²) in [4.78, 5) is 13.6. The fraction of sp³-hybridized carbons (Fsp3) is 0.643. The molecule has 2 atom stereocenters. The molecule has 0 aromatic heterocycles. The van der Waals surface area contributed by atoms with Gasteiger partial charge in [0.1, 0.15) is 0 Å². The Hall–Kier alpha value is -1.05. The highest BCUT2D eigenvalue weighted by Crippen LogP contribution is 2.45. The maximum atomic E-state index is 11.6. The van der Waals surface area contributed by atoms with Gasteiger partial charge in [0, 0.05) is 19.0 Å². The highest BCUT2D eigenvalue weighted by atomic mass is 16.2. The predicted octanol–water partition coefficient (Wildman–Crippen LogP) is 2.77. The highest BCUT2D eigenvalue weighted by molar-refractivity contribution is 5.84. The van der Waals surface area contributed by atoms with Crippen LogP contribution >= 0.6 is 0 Å². The van der Waals surface area contributed by atoms with E-state index in [-0.39, 0.29) is 0 Å². The van der Waals surface area contributed by atoms with Crippen molar-refractivity contribution in [3.8, 4) is 0 Å². The molecule has 2 rings (SSSR count). The van der Waals surface area contributed by atoms with Crippen molar-refractivity contribution in [2.24, 2.45) is 11.8 Å². The van der Waals surface area contributed by atoms with Gasteiger partial charge in [-0.25, -0.2) is 0 Å². The van der Waals surface area contributed by atoms with E-state index < -0.39 is 0 Å². The van der Waals surface area contributed by atoms with E-state index >= 15 is 0 Å². The van der Waals surface area contributed by atoms with Crippen LogP contribution in [0.5, 0.6) is 0 Å². The van der Waals surface area contributed by atoms with Crippen LogP contribution in [-0.4, -0.2) is 23.9 Å². The number of fused-ring (bicyclic) bond motifs is 1. The van der Waals surface area contributed by atoms with E-state index in [1.165, 1.54) is 0 Å². The second-order valence-corrected chi connectivity index (χ2v) is 4.77. The standard InChI is InChI=1S/C14H21NO/c1-2-3-4-5-6-7-8-9-15-11-12-10-13(12)14(15)16/h3-4,7-8,12-13H,2,5-6,9-11H2,1H3/b4-3-,8-7+. The molecule has 0 N–H and O–H groups in total. The number of carbonyl (C=O) groups is 1. The number of unbranched alkanes of at least 4 members (excludes halogenated alkanes) is 1. The number of hydrogen-bond acceptors (Lipinski definition) is 1. The quantitative estimate of drug-likeness (QED) is 0.497. The first kappa shape index (κ1) is 11.4. The molecule has 2 unspecified atom stereocenters. The first-order chi connectivity index (χ1) is 7.83. The van der Waals surface area contributed by atoms with Crippen molar-refractivity contribution in [1.82, 2.24) is 4.90 Å². The van der Waals surface area contributed by atoms with Gasteiger partial charge in [-0.3, -0.25) is 4.79 Å². The zero-order valence-electron chi connectivity index (χ0n) is 10.1. The normalized spacial score (nSPS) is 28.3. The number of piperidine rings is 1. The van der Waals surface area contributed by atoms with E-state index in [2.05, 4.69) is 31.2 Å². The van der Waals surface area contributed by atoms with Crippen LogP contribution in [0.2, 0.25) is 0 Å². The van der Waals surface area contributed by atoms with Crippen LogP contribution in [0, 0.1) is 11.8 Å². The number of likely N-dealkylation sites (tertiary alicyclic amines) is 1. The van der Waals surface area contributed by atoms with Gasteiger partial charge in [0.15, 0.2) is 0 Å². The zero-order valence-corrected chi connectivity index (χ0v) is 10.1. The summed E-state index contributed by atoms with van der Waals surface area (Å²) in [5.41, 5.74) is 0. The van der Waals surface area contributed by atoms with Gasteiger partial charge in [0.2, 0.25) is 5.91 Å². The summed E-state index contributed by atoms with van der Waals surface area (Å²) in [6, 6.07) is 0. The molecule has 0 bridgehead atoms. The number of allylic oxidation sites excluding steroid dienone is 3. The first-order valence-electron chi connectivity index (χ1n) is 6.41. The van der Waals surface area contributed by atoms with Gasteiger partial charge >= 0.3 is 0 Å². The smallest absolute Gasteiger partial charge is 0.226 e. The van der Waals surface area contributed by atoms with E-state index in [9.17, 15) is 4.79 Å². The summed E-state index contributed by atoms with van der Waals surface area (Å²) >= 11 is 0. The molecule has 0 spiro atoms. The Labute approximate surface area is 98.0 Å². The van der Waals surface area contributed by atoms with E-state index in [0.29, 0.717) is 17.7 Å². The number of hydrogen-bond donors (Lipinski definition) is 0. The number of rotatable bonds is 6. The van der Waals surface area contributed by atoms with Gasteiger partial charge < -0.3 is 4.90 Å². The Morgan fingerprint density at radius 3 is 2.62 bits per heavy atom. The Morgan fingerprint density at radius 1 is 1.25 bits per heavy atom. The minimum atomic E-state index is 0.389. The summed E-state index contributed by atoms with van der Waals surface area (Å²) in [6.45, 7) is 3.98. The first-order valence-corrected chi connectivity index (χ1v) is 6.41. The average Bonchev–Trinajstić information content (AvgIpc) is 2.98. The second-order valence-electron chi connectivity index (χ2n) is 4.77. The van der Waals surface area contributed by atoms with Crippen molar-refractivity contribution in [3.63, 3.8) is 0 Å². The van der Waals surface area contributed by atoms with Crippen LogP contribution in [0.4, 0.5) is 0 Å². The summed E-state index contributed by atoms with van der Waals surface area (Å²) in [5, 5.41) is 0. The summed E-state index contributed by atoms with van der Waals surface area (Å²) in [6.07, 6.45) is 13.2. The van der Waals surface area contributed by atoms with Crippen LogP contribution in [0.3, 0.4) is 0 Å². The minimum Gasteiger partial charge on any atom is -0.338 e. The Balaban J connectivity index is 1.59. The monoisotopic (exact) mass is 219 g/mol. The maximum Gasteiger partial charge on any atom is 0.226 e. The molecule has 88 valence electrons. The van der Waals surface area contributed by atoms with Crippen molar-refractivity contribution >= 4 is 5.91 Å². The Bertz CT molecular complexity index is 306. The number of amides is 1. The van der Waals surface area contributed by atoms with E-state index in [1.54, 1.807) is 0 Å². The summed E-state index contributed by atoms with van der Waals surface area (Å²) < 4.78 is 0. The largest absolute Gasteiger partial charge is 0.338 e. The predicted molar refractivity (Wildman–Crippen MR) is 66.0 cm³/mol. The third kappa shape index (κ3) is 2.75. The number of nitrogens with zero attached hydrogens (tertiary/aromatic N) is 1. The highest BCUT2D eigenvalue weighted by Gasteiger charge is 2.51. The van der Waals surface area contributed by atoms with E-state index in [0.717, 1.165) is 38.8 Å². The summed E-state index contributed by atoms with van der Waals surface area (Å²) in [5.74, 6) is 1.50. The molecule has 2 heteroatoms. The molecule has 2 aliphatic rings. The molecule has 0 radical (unpaired) electrons. The van der Waals surface area contributed by atoms with Gasteiger partial charge in [-0.1, -0.05) is 31.2 Å². The minimum absolute atomic E-state index is 0.389. The van der Waals surface area contributed by atoms with Crippen molar-refractivity contribution in [3.05, 3.63) is 24.3 Å². The molecular weight excluding hydrogens is 198 g/mol. The van der Waals surface area contributed by atoms with Crippen LogP contribution in [0.25, 0.3) is 0 Å². The van der Waals surface area contributed by atoms with Gasteiger partial charge in [0.05, 0.1) is 0 Å². The molecule has 1 heterocycles. The van der Waals surface area contributed by atoms with Crippen molar-refractivity contribution in [2.45, 2.75) is 32.6 Å². The Kier molecular flexibility index (Phi) is 3.81. The van der Waals surface area contributed by atoms with Crippen LogP contribution < -0.4 is 0 Å². The van der Waals surface area contributed by atoms with Crippen molar-refractivity contribution in [1.29, 1.82) is 0 Å². The topological polar surface area (TPSA) is 20.3 Å². The lowest BCUT2D eigenvalue weighted by Crippen LogP contribution is -2.28. The maximum absolute atomic E-state index is 11.6. The van der Waals surface area contributed by atoms with Crippen LogP contribution in [-0.2, 0) is 4.79 Å². The lowest BCUT2D eigenvalue weighted by atomic mass is 10.2. The molecule has 0 aromatic carbocycles. The van der Waals surface area contributed by atoms with E-state index in [1.807, 2.05) is 4.90 Å². The molecule has 16 heavy (non-hydrogen) atoms.